The highest BCUT2D eigenvalue weighted by molar-refractivity contribution is 7.99. The van der Waals surface area contributed by atoms with Gasteiger partial charge in [-0.05, 0) is 83.0 Å². The Morgan fingerprint density at radius 3 is 2.09 bits per heavy atom. The zero-order chi connectivity index (χ0) is 24.8. The summed E-state index contributed by atoms with van der Waals surface area (Å²) < 4.78 is 0. The molecular formula is C25H33N3O4S. The van der Waals surface area contributed by atoms with Crippen LogP contribution in [0.4, 0.5) is 5.69 Å². The largest absolute Gasteiger partial charge is 0.392 e. The summed E-state index contributed by atoms with van der Waals surface area (Å²) in [6, 6.07) is 11.9. The third-order valence-corrected chi connectivity index (χ3v) is 5.66. The van der Waals surface area contributed by atoms with Crippen LogP contribution in [0.15, 0.2) is 52.5 Å². The first-order chi connectivity index (χ1) is 15.3. The van der Waals surface area contributed by atoms with Gasteiger partial charge in [-0.2, -0.15) is 0 Å². The van der Waals surface area contributed by atoms with E-state index in [1.165, 1.54) is 17.8 Å². The van der Waals surface area contributed by atoms with Gasteiger partial charge >= 0.3 is 0 Å². The maximum absolute atomic E-state index is 12.7. The van der Waals surface area contributed by atoms with E-state index in [2.05, 4.69) is 15.8 Å². The van der Waals surface area contributed by atoms with Crippen LogP contribution in [0.1, 0.15) is 67.8 Å². The molecule has 0 bridgehead atoms. The summed E-state index contributed by atoms with van der Waals surface area (Å²) in [4.78, 5) is 37.0. The summed E-state index contributed by atoms with van der Waals surface area (Å²) in [6.07, 6.45) is -0.459. The number of nitrogens with zero attached hydrogens (tertiary/aromatic N) is 1. The van der Waals surface area contributed by atoms with Crippen LogP contribution in [-0.2, 0) is 6.42 Å². The fraction of sp³-hybridized carbons (Fsp3) is 0.440. The number of aliphatic hydroxyl groups is 1. The van der Waals surface area contributed by atoms with E-state index in [0.29, 0.717) is 21.8 Å². The fourth-order valence-electron chi connectivity index (χ4n) is 3.11. The Morgan fingerprint density at radius 1 is 0.939 bits per heavy atom. The van der Waals surface area contributed by atoms with Gasteiger partial charge in [0.25, 0.3) is 11.8 Å². The molecule has 33 heavy (non-hydrogen) atoms. The Hall–Kier alpha value is -2.71. The molecule has 2 rings (SSSR count). The lowest BCUT2D eigenvalue weighted by Crippen LogP contribution is -2.41. The predicted molar refractivity (Wildman–Crippen MR) is 133 cm³/mol. The number of aliphatic hydroxyl groups excluding tert-OH is 1. The van der Waals surface area contributed by atoms with E-state index in [9.17, 15) is 19.6 Å². The molecule has 2 aromatic carbocycles. The van der Waals surface area contributed by atoms with Crippen molar-refractivity contribution in [2.75, 3.05) is 5.75 Å². The average Bonchev–Trinajstić information content (AvgIpc) is 2.70. The van der Waals surface area contributed by atoms with Crippen molar-refractivity contribution in [1.29, 1.82) is 0 Å². The second-order valence-electron chi connectivity index (χ2n) is 10.0. The molecule has 0 saturated carbocycles. The van der Waals surface area contributed by atoms with Gasteiger partial charge in [0.1, 0.15) is 5.69 Å². The molecule has 2 amide bonds. The highest BCUT2D eigenvalue weighted by Crippen LogP contribution is 2.28. The molecule has 8 heteroatoms. The fourth-order valence-corrected chi connectivity index (χ4v) is 4.07. The van der Waals surface area contributed by atoms with Crippen LogP contribution in [-0.4, -0.2) is 39.9 Å². The average molecular weight is 472 g/mol. The van der Waals surface area contributed by atoms with Gasteiger partial charge in [0.2, 0.25) is 0 Å². The summed E-state index contributed by atoms with van der Waals surface area (Å²) in [7, 11) is 0. The van der Waals surface area contributed by atoms with E-state index >= 15 is 0 Å². The van der Waals surface area contributed by atoms with Crippen LogP contribution in [0.25, 0.3) is 0 Å². The van der Waals surface area contributed by atoms with Crippen molar-refractivity contribution in [3.8, 4) is 0 Å². The number of carbonyl (C=O) groups is 2. The van der Waals surface area contributed by atoms with Crippen LogP contribution >= 0.6 is 11.8 Å². The lowest BCUT2D eigenvalue weighted by atomic mass is 10.00. The van der Waals surface area contributed by atoms with E-state index in [1.807, 2.05) is 53.7 Å². The molecule has 0 radical (unpaired) electrons. The van der Waals surface area contributed by atoms with Crippen molar-refractivity contribution in [2.45, 2.75) is 70.0 Å². The molecular weight excluding hydrogens is 438 g/mol. The number of rotatable bonds is 8. The van der Waals surface area contributed by atoms with Crippen molar-refractivity contribution in [3.05, 3.63) is 64.1 Å². The smallest absolute Gasteiger partial charge is 0.252 e. The second-order valence-corrected chi connectivity index (χ2v) is 11.1. The molecule has 7 nitrogen and oxygen atoms in total. The second kappa shape index (κ2) is 10.9. The molecule has 0 fully saturated rings. The van der Waals surface area contributed by atoms with Crippen molar-refractivity contribution in [3.63, 3.8) is 0 Å². The molecule has 178 valence electrons. The first-order valence-electron chi connectivity index (χ1n) is 10.8. The van der Waals surface area contributed by atoms with Crippen LogP contribution in [0, 0.1) is 4.91 Å². The van der Waals surface area contributed by atoms with Crippen molar-refractivity contribution >= 4 is 29.3 Å². The molecule has 0 saturated heterocycles. The van der Waals surface area contributed by atoms with E-state index in [0.717, 1.165) is 5.56 Å². The zero-order valence-electron chi connectivity index (χ0n) is 20.1. The van der Waals surface area contributed by atoms with Crippen LogP contribution in [0.5, 0.6) is 0 Å². The molecule has 0 aliphatic heterocycles. The summed E-state index contributed by atoms with van der Waals surface area (Å²) in [5.74, 6) is -0.191. The first-order valence-corrected chi connectivity index (χ1v) is 11.8. The molecule has 0 aliphatic rings. The number of thioether (sulfide) groups is 1. The molecule has 3 N–H and O–H groups in total. The first kappa shape index (κ1) is 26.5. The van der Waals surface area contributed by atoms with Gasteiger partial charge in [-0.25, -0.2) is 0 Å². The van der Waals surface area contributed by atoms with Gasteiger partial charge in [-0.1, -0.05) is 18.2 Å². The number of nitroso groups, excluding NO2 is 1. The maximum Gasteiger partial charge on any atom is 0.252 e. The SMILES string of the molecule is CC(C)(C)NC(=O)c1ccccc1CC(O)CSc1ccc(N=O)cc1C(=O)NC(C)(C)C. The van der Waals surface area contributed by atoms with Gasteiger partial charge in [-0.15, -0.1) is 16.7 Å². The lowest BCUT2D eigenvalue weighted by molar-refractivity contribution is 0.0907. The molecule has 0 spiro atoms. The number of hydrogen-bond acceptors (Lipinski definition) is 6. The molecule has 2 aromatic rings. The van der Waals surface area contributed by atoms with Gasteiger partial charge in [0, 0.05) is 27.3 Å². The maximum atomic E-state index is 12.7. The number of amides is 2. The predicted octanol–water partition coefficient (Wildman–Crippen LogP) is 4.84. The standard InChI is InChI=1S/C25H33N3O4S/c1-24(2,3)26-22(30)19-10-8-7-9-16(19)13-18(29)15-33-21-12-11-17(28-32)14-20(21)23(31)27-25(4,5)6/h7-12,14,18,29H,13,15H2,1-6H3,(H,26,30)(H,27,31). The van der Waals surface area contributed by atoms with Crippen molar-refractivity contribution < 1.29 is 14.7 Å². The lowest BCUT2D eigenvalue weighted by Gasteiger charge is -2.22. The van der Waals surface area contributed by atoms with E-state index in [1.54, 1.807) is 24.3 Å². The molecule has 1 unspecified atom stereocenters. The minimum Gasteiger partial charge on any atom is -0.392 e. The summed E-state index contributed by atoms with van der Waals surface area (Å²) in [6.45, 7) is 11.4. The summed E-state index contributed by atoms with van der Waals surface area (Å²) in [5, 5.41) is 19.5. The highest BCUT2D eigenvalue weighted by atomic mass is 32.2. The van der Waals surface area contributed by atoms with Crippen LogP contribution in [0.2, 0.25) is 0 Å². The Labute approximate surface area is 199 Å². The number of benzene rings is 2. The van der Waals surface area contributed by atoms with Crippen LogP contribution < -0.4 is 10.6 Å². The topological polar surface area (TPSA) is 108 Å². The minimum absolute atomic E-state index is 0.165. The molecule has 0 aromatic heterocycles. The molecule has 0 aliphatic carbocycles. The van der Waals surface area contributed by atoms with Gasteiger partial charge in [-0.3, -0.25) is 9.59 Å². The van der Waals surface area contributed by atoms with E-state index in [-0.39, 0.29) is 29.5 Å². The van der Waals surface area contributed by atoms with E-state index in [4.69, 9.17) is 0 Å². The Morgan fingerprint density at radius 2 is 1.52 bits per heavy atom. The summed E-state index contributed by atoms with van der Waals surface area (Å²) >= 11 is 1.32. The van der Waals surface area contributed by atoms with Crippen molar-refractivity contribution in [1.82, 2.24) is 10.6 Å². The van der Waals surface area contributed by atoms with Gasteiger partial charge < -0.3 is 15.7 Å². The number of nitrogens with one attached hydrogen (secondary N) is 2. The van der Waals surface area contributed by atoms with Crippen LogP contribution in [0.3, 0.4) is 0 Å². The number of hydrogen-bond donors (Lipinski definition) is 3. The monoisotopic (exact) mass is 471 g/mol. The molecule has 1 atom stereocenters. The third kappa shape index (κ3) is 8.63. The van der Waals surface area contributed by atoms with Crippen molar-refractivity contribution in [2.24, 2.45) is 5.18 Å². The molecule has 0 heterocycles. The normalized spacial score (nSPS) is 12.7. The number of carbonyl (C=O) groups excluding carboxylic acids is 2. The third-order valence-electron chi connectivity index (χ3n) is 4.44. The van der Waals surface area contributed by atoms with E-state index < -0.39 is 11.6 Å². The minimum atomic E-state index is -0.749. The van der Waals surface area contributed by atoms with Gasteiger partial charge in [0.05, 0.1) is 11.7 Å². The zero-order valence-corrected chi connectivity index (χ0v) is 20.9. The Bertz CT molecular complexity index is 1010. The van der Waals surface area contributed by atoms with Gasteiger partial charge in [0.15, 0.2) is 0 Å². The summed E-state index contributed by atoms with van der Waals surface area (Å²) in [5.41, 5.74) is 0.967. The Balaban J connectivity index is 2.15. The Kier molecular flexibility index (Phi) is 8.80. The quantitative estimate of drug-likeness (QED) is 0.377. The highest BCUT2D eigenvalue weighted by Gasteiger charge is 2.21.